The van der Waals surface area contributed by atoms with Crippen molar-refractivity contribution in [2.45, 2.75) is 6.92 Å². The van der Waals surface area contributed by atoms with E-state index in [-0.39, 0.29) is 0 Å². The van der Waals surface area contributed by atoms with Gasteiger partial charge in [-0.25, -0.2) is 15.0 Å². The molecule has 2 aromatic rings. The Morgan fingerprint density at radius 2 is 1.95 bits per heavy atom. The SMILES string of the molecule is Cc1nsc(N2CCN(c3ncncc3Br)CC2)n1. The van der Waals surface area contributed by atoms with Crippen molar-refractivity contribution >= 4 is 38.4 Å². The fraction of sp³-hybridized carbons (Fsp3) is 0.455. The summed E-state index contributed by atoms with van der Waals surface area (Å²) >= 11 is 4.96. The molecule has 0 bridgehead atoms. The van der Waals surface area contributed by atoms with E-state index in [1.807, 2.05) is 6.92 Å². The predicted molar refractivity (Wildman–Crippen MR) is 78.8 cm³/mol. The Kier molecular flexibility index (Phi) is 3.61. The Hall–Kier alpha value is -1.28. The first kappa shape index (κ1) is 12.7. The monoisotopic (exact) mass is 340 g/mol. The molecule has 3 rings (SSSR count). The first-order valence-corrected chi connectivity index (χ1v) is 7.56. The molecule has 0 spiro atoms. The van der Waals surface area contributed by atoms with Crippen LogP contribution in [0.5, 0.6) is 0 Å². The number of aryl methyl sites for hydroxylation is 1. The summed E-state index contributed by atoms with van der Waals surface area (Å²) in [6, 6.07) is 0. The molecule has 1 fully saturated rings. The minimum absolute atomic E-state index is 0.848. The molecule has 0 radical (unpaired) electrons. The van der Waals surface area contributed by atoms with Gasteiger partial charge >= 0.3 is 0 Å². The van der Waals surface area contributed by atoms with Gasteiger partial charge in [0.1, 0.15) is 18.0 Å². The van der Waals surface area contributed by atoms with Crippen molar-refractivity contribution in [1.29, 1.82) is 0 Å². The molecule has 0 aromatic carbocycles. The zero-order chi connectivity index (χ0) is 13.2. The highest BCUT2D eigenvalue weighted by molar-refractivity contribution is 9.10. The number of aromatic nitrogens is 4. The second kappa shape index (κ2) is 5.38. The second-order valence-corrected chi connectivity index (χ2v) is 5.88. The van der Waals surface area contributed by atoms with Crippen LogP contribution < -0.4 is 9.80 Å². The summed E-state index contributed by atoms with van der Waals surface area (Å²) in [4.78, 5) is 17.3. The van der Waals surface area contributed by atoms with Crippen LogP contribution in [0.25, 0.3) is 0 Å². The van der Waals surface area contributed by atoms with Crippen molar-refractivity contribution in [2.75, 3.05) is 36.0 Å². The van der Waals surface area contributed by atoms with Gasteiger partial charge in [0.25, 0.3) is 0 Å². The van der Waals surface area contributed by atoms with Gasteiger partial charge < -0.3 is 9.80 Å². The highest BCUT2D eigenvalue weighted by atomic mass is 79.9. The molecule has 1 aliphatic heterocycles. The lowest BCUT2D eigenvalue weighted by molar-refractivity contribution is 0.644. The van der Waals surface area contributed by atoms with Crippen LogP contribution in [0.15, 0.2) is 17.0 Å². The fourth-order valence-corrected chi connectivity index (χ4v) is 3.26. The van der Waals surface area contributed by atoms with E-state index in [0.29, 0.717) is 0 Å². The molecule has 0 amide bonds. The topological polar surface area (TPSA) is 58.0 Å². The molecule has 3 heterocycles. The molecule has 0 aliphatic carbocycles. The molecule has 8 heteroatoms. The molecule has 100 valence electrons. The lowest BCUT2D eigenvalue weighted by atomic mass is 10.3. The van der Waals surface area contributed by atoms with E-state index in [1.165, 1.54) is 11.5 Å². The Balaban J connectivity index is 1.68. The molecule has 0 atom stereocenters. The summed E-state index contributed by atoms with van der Waals surface area (Å²) in [5.74, 6) is 1.81. The summed E-state index contributed by atoms with van der Waals surface area (Å²) in [6.07, 6.45) is 3.36. The number of rotatable bonds is 2. The van der Waals surface area contributed by atoms with Gasteiger partial charge in [0.15, 0.2) is 0 Å². The molecule has 1 saturated heterocycles. The quantitative estimate of drug-likeness (QED) is 0.829. The van der Waals surface area contributed by atoms with Gasteiger partial charge in [0.2, 0.25) is 5.13 Å². The van der Waals surface area contributed by atoms with Gasteiger partial charge in [-0.05, 0) is 22.9 Å². The third-order valence-corrected chi connectivity index (χ3v) is 4.44. The molecule has 0 unspecified atom stereocenters. The highest BCUT2D eigenvalue weighted by Gasteiger charge is 2.21. The van der Waals surface area contributed by atoms with Gasteiger partial charge in [0, 0.05) is 43.9 Å². The van der Waals surface area contributed by atoms with Crippen LogP contribution in [-0.2, 0) is 0 Å². The van der Waals surface area contributed by atoms with E-state index in [4.69, 9.17) is 0 Å². The number of anilines is 2. The van der Waals surface area contributed by atoms with Crippen molar-refractivity contribution in [3.05, 3.63) is 22.8 Å². The summed E-state index contributed by atoms with van der Waals surface area (Å²) in [5, 5.41) is 1.01. The maximum atomic E-state index is 4.43. The Morgan fingerprint density at radius 1 is 1.21 bits per heavy atom. The normalized spacial score (nSPS) is 15.9. The second-order valence-electron chi connectivity index (χ2n) is 4.29. The van der Waals surface area contributed by atoms with E-state index in [9.17, 15) is 0 Å². The summed E-state index contributed by atoms with van der Waals surface area (Å²) in [5.41, 5.74) is 0. The van der Waals surface area contributed by atoms with E-state index >= 15 is 0 Å². The maximum absolute atomic E-state index is 4.43. The lowest BCUT2D eigenvalue weighted by Crippen LogP contribution is -2.47. The van der Waals surface area contributed by atoms with Crippen molar-refractivity contribution in [3.8, 4) is 0 Å². The van der Waals surface area contributed by atoms with E-state index in [0.717, 1.165) is 47.4 Å². The number of nitrogens with zero attached hydrogens (tertiary/aromatic N) is 6. The van der Waals surface area contributed by atoms with Gasteiger partial charge in [0.05, 0.1) is 4.47 Å². The third-order valence-electron chi connectivity index (χ3n) is 3.01. The van der Waals surface area contributed by atoms with Crippen molar-refractivity contribution in [1.82, 2.24) is 19.3 Å². The van der Waals surface area contributed by atoms with Crippen LogP contribution in [0.4, 0.5) is 10.9 Å². The zero-order valence-corrected chi connectivity index (χ0v) is 12.9. The molecular formula is C11H13BrN6S. The van der Waals surface area contributed by atoms with Gasteiger partial charge in [-0.3, -0.25) is 0 Å². The zero-order valence-electron chi connectivity index (χ0n) is 10.5. The van der Waals surface area contributed by atoms with Gasteiger partial charge in [-0.15, -0.1) is 0 Å². The van der Waals surface area contributed by atoms with E-state index in [2.05, 4.69) is 45.1 Å². The van der Waals surface area contributed by atoms with Crippen molar-refractivity contribution in [2.24, 2.45) is 0 Å². The number of halogens is 1. The number of hydrogen-bond donors (Lipinski definition) is 0. The average Bonchev–Trinajstić information content (AvgIpc) is 2.86. The van der Waals surface area contributed by atoms with E-state index < -0.39 is 0 Å². The Bertz CT molecular complexity index is 566. The van der Waals surface area contributed by atoms with Crippen LogP contribution in [0.1, 0.15) is 5.82 Å². The van der Waals surface area contributed by atoms with Crippen molar-refractivity contribution in [3.63, 3.8) is 0 Å². The summed E-state index contributed by atoms with van der Waals surface area (Å²) < 4.78 is 5.17. The highest BCUT2D eigenvalue weighted by Crippen LogP contribution is 2.25. The molecule has 2 aromatic heterocycles. The molecule has 19 heavy (non-hydrogen) atoms. The van der Waals surface area contributed by atoms with Crippen LogP contribution in [-0.4, -0.2) is 45.5 Å². The van der Waals surface area contributed by atoms with Crippen LogP contribution in [0, 0.1) is 6.92 Å². The maximum Gasteiger partial charge on any atom is 0.205 e. The Labute approximate surface area is 123 Å². The van der Waals surface area contributed by atoms with Crippen molar-refractivity contribution < 1.29 is 0 Å². The molecule has 0 saturated carbocycles. The standard InChI is InChI=1S/C11H13BrN6S/c1-8-15-11(19-16-8)18-4-2-17(3-5-18)10-9(12)6-13-7-14-10/h6-7H,2-5H2,1H3. The fourth-order valence-electron chi connectivity index (χ4n) is 2.06. The van der Waals surface area contributed by atoms with Crippen LogP contribution in [0.3, 0.4) is 0 Å². The summed E-state index contributed by atoms with van der Waals surface area (Å²) in [6.45, 7) is 5.65. The average molecular weight is 341 g/mol. The smallest absolute Gasteiger partial charge is 0.205 e. The number of hydrogen-bond acceptors (Lipinski definition) is 7. The molecular weight excluding hydrogens is 328 g/mol. The Morgan fingerprint density at radius 3 is 2.58 bits per heavy atom. The largest absolute Gasteiger partial charge is 0.352 e. The van der Waals surface area contributed by atoms with Crippen LogP contribution in [0.2, 0.25) is 0 Å². The lowest BCUT2D eigenvalue weighted by Gasteiger charge is -2.35. The first-order valence-electron chi connectivity index (χ1n) is 6.00. The predicted octanol–water partition coefficient (Wildman–Crippen LogP) is 1.73. The minimum atomic E-state index is 0.848. The number of piperazine rings is 1. The molecule has 0 N–H and O–H groups in total. The molecule has 6 nitrogen and oxygen atoms in total. The van der Waals surface area contributed by atoms with Gasteiger partial charge in [-0.1, -0.05) is 0 Å². The van der Waals surface area contributed by atoms with Crippen LogP contribution >= 0.6 is 27.5 Å². The van der Waals surface area contributed by atoms with E-state index in [1.54, 1.807) is 12.5 Å². The first-order chi connectivity index (χ1) is 9.24. The summed E-state index contributed by atoms with van der Waals surface area (Å²) in [7, 11) is 0. The minimum Gasteiger partial charge on any atom is -0.352 e. The molecule has 1 aliphatic rings. The third kappa shape index (κ3) is 2.69. The van der Waals surface area contributed by atoms with Gasteiger partial charge in [-0.2, -0.15) is 4.37 Å².